The van der Waals surface area contributed by atoms with Crippen LogP contribution in [0.5, 0.6) is 0 Å². The molecule has 0 aliphatic heterocycles. The maximum Gasteiger partial charge on any atom is 0.254 e. The minimum absolute atomic E-state index is 0.0907. The average molecular weight is 366 g/mol. The summed E-state index contributed by atoms with van der Waals surface area (Å²) in [6, 6.07) is 13.0. The van der Waals surface area contributed by atoms with Crippen molar-refractivity contribution in [2.24, 2.45) is 5.73 Å². The summed E-state index contributed by atoms with van der Waals surface area (Å²) in [7, 11) is 0. The predicted molar refractivity (Wildman–Crippen MR) is 96.3 cm³/mol. The number of nitrogens with two attached hydrogens (primary N) is 1. The first kappa shape index (κ1) is 18.3. The van der Waals surface area contributed by atoms with Crippen molar-refractivity contribution >= 4 is 35.0 Å². The van der Waals surface area contributed by atoms with Gasteiger partial charge in [0.25, 0.3) is 5.91 Å². The van der Waals surface area contributed by atoms with Gasteiger partial charge in [0.15, 0.2) is 0 Å². The Morgan fingerprint density at radius 3 is 2.08 bits per heavy atom. The van der Waals surface area contributed by atoms with E-state index in [0.717, 1.165) is 11.1 Å². The fourth-order valence-corrected chi connectivity index (χ4v) is 2.78. The number of carbonyl (C=O) groups excluding carboxylic acids is 2. The third kappa shape index (κ3) is 4.71. The molecule has 0 heterocycles. The minimum atomic E-state index is -0.397. The Morgan fingerprint density at radius 1 is 0.917 bits per heavy atom. The molecule has 0 radical (unpaired) electrons. The quantitative estimate of drug-likeness (QED) is 0.687. The van der Waals surface area contributed by atoms with Crippen LogP contribution in [0.3, 0.4) is 0 Å². The molecule has 0 aromatic heterocycles. The second-order valence-electron chi connectivity index (χ2n) is 4.99. The molecule has 0 spiro atoms. The third-order valence-corrected chi connectivity index (χ3v) is 3.89. The zero-order valence-electron chi connectivity index (χ0n) is 12.8. The number of amides is 2. The Kier molecular flexibility index (Phi) is 6.61. The predicted octanol–water partition coefficient (Wildman–Crippen LogP) is 2.47. The van der Waals surface area contributed by atoms with Crippen LogP contribution in [-0.2, 0) is 4.79 Å². The van der Waals surface area contributed by atoms with E-state index >= 15 is 0 Å². The largest absolute Gasteiger partial charge is 0.353 e. The highest BCUT2D eigenvalue weighted by Gasteiger charge is 2.16. The third-order valence-electron chi connectivity index (χ3n) is 3.29. The van der Waals surface area contributed by atoms with Crippen molar-refractivity contribution in [1.29, 1.82) is 0 Å². The Hall–Kier alpha value is -2.08. The SMILES string of the molecule is NCC(=O)NCCNC(=O)c1c(Cl)cc(-c2ccccc2)cc1Cl. The molecule has 5 nitrogen and oxygen atoms in total. The Bertz CT molecular complexity index is 713. The van der Waals surface area contributed by atoms with Gasteiger partial charge >= 0.3 is 0 Å². The van der Waals surface area contributed by atoms with Crippen molar-refractivity contribution in [3.05, 3.63) is 58.1 Å². The molecule has 2 rings (SSSR count). The molecule has 2 amide bonds. The van der Waals surface area contributed by atoms with Crippen LogP contribution in [0, 0.1) is 0 Å². The summed E-state index contributed by atoms with van der Waals surface area (Å²) in [6.07, 6.45) is 0. The molecule has 0 aliphatic carbocycles. The van der Waals surface area contributed by atoms with Crippen molar-refractivity contribution in [1.82, 2.24) is 10.6 Å². The number of carbonyl (C=O) groups is 2. The molecular formula is C17H17Cl2N3O2. The van der Waals surface area contributed by atoms with Gasteiger partial charge in [-0.15, -0.1) is 0 Å². The maximum atomic E-state index is 12.2. The van der Waals surface area contributed by atoms with E-state index in [1.54, 1.807) is 12.1 Å². The maximum absolute atomic E-state index is 12.2. The fraction of sp³-hybridized carbons (Fsp3) is 0.176. The first-order valence-electron chi connectivity index (χ1n) is 7.32. The molecule has 0 fully saturated rings. The highest BCUT2D eigenvalue weighted by Crippen LogP contribution is 2.31. The summed E-state index contributed by atoms with van der Waals surface area (Å²) in [6.45, 7) is 0.434. The topological polar surface area (TPSA) is 84.2 Å². The molecule has 0 bridgehead atoms. The van der Waals surface area contributed by atoms with E-state index in [9.17, 15) is 9.59 Å². The van der Waals surface area contributed by atoms with Crippen molar-refractivity contribution in [3.63, 3.8) is 0 Å². The van der Waals surface area contributed by atoms with Crippen LogP contribution in [0.2, 0.25) is 10.0 Å². The van der Waals surface area contributed by atoms with Gasteiger partial charge in [0.05, 0.1) is 22.2 Å². The van der Waals surface area contributed by atoms with Gasteiger partial charge in [-0.25, -0.2) is 0 Å². The Morgan fingerprint density at radius 2 is 1.50 bits per heavy atom. The molecule has 2 aromatic rings. The van der Waals surface area contributed by atoms with Gasteiger partial charge in [0, 0.05) is 13.1 Å². The Balaban J connectivity index is 2.08. The van der Waals surface area contributed by atoms with Crippen molar-refractivity contribution in [3.8, 4) is 11.1 Å². The summed E-state index contributed by atoms with van der Waals surface area (Å²) in [5.74, 6) is -0.681. The molecule has 7 heteroatoms. The van der Waals surface area contributed by atoms with Gasteiger partial charge in [-0.2, -0.15) is 0 Å². The lowest BCUT2D eigenvalue weighted by atomic mass is 10.0. The smallest absolute Gasteiger partial charge is 0.254 e. The molecule has 2 aromatic carbocycles. The average Bonchev–Trinajstić information content (AvgIpc) is 2.58. The van der Waals surface area contributed by atoms with Crippen LogP contribution < -0.4 is 16.4 Å². The van der Waals surface area contributed by atoms with Crippen molar-refractivity contribution in [2.45, 2.75) is 0 Å². The van der Waals surface area contributed by atoms with Crippen LogP contribution in [0.15, 0.2) is 42.5 Å². The lowest BCUT2D eigenvalue weighted by molar-refractivity contribution is -0.119. The molecule has 126 valence electrons. The fourth-order valence-electron chi connectivity index (χ4n) is 2.13. The molecule has 24 heavy (non-hydrogen) atoms. The van der Waals surface area contributed by atoms with E-state index in [1.807, 2.05) is 30.3 Å². The van der Waals surface area contributed by atoms with Crippen LogP contribution in [0.4, 0.5) is 0 Å². The van der Waals surface area contributed by atoms with E-state index < -0.39 is 5.91 Å². The van der Waals surface area contributed by atoms with E-state index in [-0.39, 0.29) is 41.2 Å². The lowest BCUT2D eigenvalue weighted by Crippen LogP contribution is -2.37. The number of nitrogens with one attached hydrogen (secondary N) is 2. The van der Waals surface area contributed by atoms with E-state index in [4.69, 9.17) is 28.9 Å². The monoisotopic (exact) mass is 365 g/mol. The Labute approximate surface area is 150 Å². The number of hydrogen-bond donors (Lipinski definition) is 3. The van der Waals surface area contributed by atoms with Gasteiger partial charge < -0.3 is 16.4 Å². The number of benzene rings is 2. The molecule has 0 atom stereocenters. The molecule has 0 unspecified atom stereocenters. The highest BCUT2D eigenvalue weighted by molar-refractivity contribution is 6.40. The van der Waals surface area contributed by atoms with Crippen molar-refractivity contribution < 1.29 is 9.59 Å². The highest BCUT2D eigenvalue weighted by atomic mass is 35.5. The van der Waals surface area contributed by atoms with Gasteiger partial charge in [0.1, 0.15) is 0 Å². The first-order chi connectivity index (χ1) is 11.5. The number of rotatable bonds is 6. The number of halogens is 2. The summed E-state index contributed by atoms with van der Waals surface area (Å²) in [5.41, 5.74) is 7.17. The van der Waals surface area contributed by atoms with Gasteiger partial charge in [-0.05, 0) is 23.3 Å². The summed E-state index contributed by atoms with van der Waals surface area (Å²) in [4.78, 5) is 23.2. The van der Waals surface area contributed by atoms with E-state index in [0.29, 0.717) is 0 Å². The normalized spacial score (nSPS) is 10.3. The van der Waals surface area contributed by atoms with Gasteiger partial charge in [0.2, 0.25) is 5.91 Å². The zero-order valence-corrected chi connectivity index (χ0v) is 14.3. The summed E-state index contributed by atoms with van der Waals surface area (Å²) >= 11 is 12.5. The zero-order chi connectivity index (χ0) is 17.5. The van der Waals surface area contributed by atoms with E-state index in [2.05, 4.69) is 10.6 Å². The van der Waals surface area contributed by atoms with Crippen LogP contribution >= 0.6 is 23.2 Å². The van der Waals surface area contributed by atoms with Crippen LogP contribution in [0.1, 0.15) is 10.4 Å². The first-order valence-corrected chi connectivity index (χ1v) is 8.08. The molecule has 0 saturated heterocycles. The van der Waals surface area contributed by atoms with E-state index in [1.165, 1.54) is 0 Å². The molecular weight excluding hydrogens is 349 g/mol. The second kappa shape index (κ2) is 8.68. The van der Waals surface area contributed by atoms with Gasteiger partial charge in [-0.1, -0.05) is 53.5 Å². The minimum Gasteiger partial charge on any atom is -0.353 e. The standard InChI is InChI=1S/C17H17Cl2N3O2/c18-13-8-12(11-4-2-1-3-5-11)9-14(19)16(13)17(24)22-7-6-21-15(23)10-20/h1-5,8-9H,6-7,10,20H2,(H,21,23)(H,22,24). The molecule has 4 N–H and O–H groups in total. The lowest BCUT2D eigenvalue weighted by Gasteiger charge is -2.11. The van der Waals surface area contributed by atoms with Crippen LogP contribution in [-0.4, -0.2) is 31.4 Å². The van der Waals surface area contributed by atoms with Crippen LogP contribution in [0.25, 0.3) is 11.1 Å². The number of hydrogen-bond acceptors (Lipinski definition) is 3. The second-order valence-corrected chi connectivity index (χ2v) is 5.81. The van der Waals surface area contributed by atoms with Gasteiger partial charge in [-0.3, -0.25) is 9.59 Å². The molecule has 0 saturated carbocycles. The summed E-state index contributed by atoms with van der Waals surface area (Å²) < 4.78 is 0. The molecule has 0 aliphatic rings. The summed E-state index contributed by atoms with van der Waals surface area (Å²) in [5, 5.41) is 5.75. The van der Waals surface area contributed by atoms with Crippen molar-refractivity contribution in [2.75, 3.05) is 19.6 Å².